The van der Waals surface area contributed by atoms with Crippen molar-refractivity contribution >= 4 is 28.8 Å². The van der Waals surface area contributed by atoms with Gasteiger partial charge in [-0.3, -0.25) is 0 Å². The fourth-order valence-electron chi connectivity index (χ4n) is 5.71. The van der Waals surface area contributed by atoms with Crippen molar-refractivity contribution in [3.05, 3.63) is 151 Å². The van der Waals surface area contributed by atoms with E-state index in [9.17, 15) is 0 Å². The molecule has 1 heterocycles. The number of fused-ring (bicyclic) bond motifs is 6. The molecule has 4 heteroatoms. The Morgan fingerprint density at radius 2 is 0.632 bits per heavy atom. The van der Waals surface area contributed by atoms with Crippen molar-refractivity contribution in [2.24, 2.45) is 0 Å². The molecule has 0 amide bonds. The van der Waals surface area contributed by atoms with Crippen molar-refractivity contribution in [1.29, 1.82) is 0 Å². The first-order valence-electron chi connectivity index (χ1n) is 12.9. The summed E-state index contributed by atoms with van der Waals surface area (Å²) in [6, 6.07) is 47.1. The van der Waals surface area contributed by atoms with E-state index in [2.05, 4.69) is 48.5 Å². The molecule has 3 nitrogen and oxygen atoms in total. The zero-order chi connectivity index (χ0) is 25.4. The van der Waals surface area contributed by atoms with Crippen LogP contribution >= 0.6 is 7.28 Å². The predicted octanol–water partition coefficient (Wildman–Crippen LogP) is 9.54. The van der Waals surface area contributed by atoms with Crippen LogP contribution in [0.3, 0.4) is 0 Å². The Morgan fingerprint density at radius 3 is 0.974 bits per heavy atom. The number of benzene rings is 6. The summed E-state index contributed by atoms with van der Waals surface area (Å²) in [5.41, 5.74) is 2.47. The van der Waals surface area contributed by atoms with Crippen LogP contribution in [-0.4, -0.2) is 0 Å². The van der Waals surface area contributed by atoms with Gasteiger partial charge in [0.15, 0.2) is 0 Å². The van der Waals surface area contributed by atoms with Crippen LogP contribution in [0.2, 0.25) is 0 Å². The Bertz CT molecular complexity index is 1580. The SMILES string of the molecule is c1ccc(OP2(Oc3ccccc3)(Oc3ccccc3)Cc3c(c4ccccc4c4ccccc34)C2)cc1. The van der Waals surface area contributed by atoms with Gasteiger partial charge in [-0.15, -0.1) is 0 Å². The van der Waals surface area contributed by atoms with Crippen molar-refractivity contribution in [1.82, 2.24) is 0 Å². The van der Waals surface area contributed by atoms with Gasteiger partial charge in [-0.05, 0) is 0 Å². The molecule has 0 spiro atoms. The fraction of sp³-hybridized carbons (Fsp3) is 0.0588. The Kier molecular flexibility index (Phi) is 5.35. The molecule has 0 atom stereocenters. The fourth-order valence-corrected chi connectivity index (χ4v) is 10.0. The second-order valence-electron chi connectivity index (χ2n) is 9.80. The van der Waals surface area contributed by atoms with Gasteiger partial charge in [0.2, 0.25) is 0 Å². The van der Waals surface area contributed by atoms with Gasteiger partial charge >= 0.3 is 223 Å². The second kappa shape index (κ2) is 8.90. The monoisotopic (exact) mass is 514 g/mol. The van der Waals surface area contributed by atoms with Crippen LogP contribution in [0.15, 0.2) is 140 Å². The summed E-state index contributed by atoms with van der Waals surface area (Å²) >= 11 is 0. The molecule has 1 aliphatic rings. The molecule has 6 aromatic rings. The quantitative estimate of drug-likeness (QED) is 0.164. The molecule has 186 valence electrons. The van der Waals surface area contributed by atoms with E-state index in [-0.39, 0.29) is 0 Å². The third-order valence-electron chi connectivity index (χ3n) is 7.24. The Labute approximate surface area is 222 Å². The van der Waals surface area contributed by atoms with Crippen LogP contribution in [0, 0.1) is 0 Å². The Morgan fingerprint density at radius 1 is 0.342 bits per heavy atom. The Balaban J connectivity index is 1.52. The van der Waals surface area contributed by atoms with E-state index in [1.807, 2.05) is 91.0 Å². The molecule has 0 radical (unpaired) electrons. The molecule has 6 aromatic carbocycles. The van der Waals surface area contributed by atoms with Crippen LogP contribution in [0.25, 0.3) is 21.5 Å². The van der Waals surface area contributed by atoms with Crippen LogP contribution in [0.4, 0.5) is 0 Å². The number of hydrogen-bond acceptors (Lipinski definition) is 3. The zero-order valence-electron chi connectivity index (χ0n) is 20.9. The summed E-state index contributed by atoms with van der Waals surface area (Å²) in [5, 5.41) is 4.91. The molecule has 0 unspecified atom stereocenters. The molecule has 7 rings (SSSR count). The van der Waals surface area contributed by atoms with Crippen molar-refractivity contribution in [3.8, 4) is 17.2 Å². The van der Waals surface area contributed by atoms with Gasteiger partial charge in [0, 0.05) is 0 Å². The topological polar surface area (TPSA) is 27.7 Å². The third-order valence-corrected chi connectivity index (χ3v) is 11.0. The van der Waals surface area contributed by atoms with Gasteiger partial charge in [0.1, 0.15) is 0 Å². The molecular weight excluding hydrogens is 487 g/mol. The first-order chi connectivity index (χ1) is 18.7. The summed E-state index contributed by atoms with van der Waals surface area (Å²) in [7, 11) is -3.96. The number of hydrogen-bond donors (Lipinski definition) is 0. The van der Waals surface area contributed by atoms with Crippen LogP contribution in [0.1, 0.15) is 11.1 Å². The molecular formula is C34H27O3P. The second-order valence-corrected chi connectivity index (χ2v) is 13.4. The number of rotatable bonds is 6. The zero-order valence-corrected chi connectivity index (χ0v) is 21.8. The van der Waals surface area contributed by atoms with E-state index in [1.54, 1.807) is 0 Å². The van der Waals surface area contributed by atoms with Crippen LogP contribution < -0.4 is 13.6 Å². The van der Waals surface area contributed by atoms with E-state index >= 15 is 0 Å². The van der Waals surface area contributed by atoms with Gasteiger partial charge in [-0.25, -0.2) is 0 Å². The van der Waals surface area contributed by atoms with Gasteiger partial charge in [0.25, 0.3) is 0 Å². The summed E-state index contributed by atoms with van der Waals surface area (Å²) in [6.45, 7) is 0. The maximum absolute atomic E-state index is 7.12. The molecule has 0 fully saturated rings. The molecule has 0 saturated carbocycles. The van der Waals surface area contributed by atoms with Crippen molar-refractivity contribution in [3.63, 3.8) is 0 Å². The first-order valence-corrected chi connectivity index (χ1v) is 15.2. The molecule has 0 aromatic heterocycles. The van der Waals surface area contributed by atoms with Gasteiger partial charge in [0.05, 0.1) is 0 Å². The van der Waals surface area contributed by atoms with E-state index in [0.717, 1.165) is 17.2 Å². The summed E-state index contributed by atoms with van der Waals surface area (Å²) in [4.78, 5) is 0. The van der Waals surface area contributed by atoms with Crippen molar-refractivity contribution in [2.45, 2.75) is 12.3 Å². The van der Waals surface area contributed by atoms with E-state index < -0.39 is 7.28 Å². The van der Waals surface area contributed by atoms with Crippen LogP contribution in [-0.2, 0) is 12.3 Å². The average Bonchev–Trinajstić information content (AvgIpc) is 3.30. The molecule has 38 heavy (non-hydrogen) atoms. The number of para-hydroxylation sites is 3. The van der Waals surface area contributed by atoms with Gasteiger partial charge in [-0.1, -0.05) is 0 Å². The van der Waals surface area contributed by atoms with Crippen molar-refractivity contribution < 1.29 is 13.6 Å². The first kappa shape index (κ1) is 22.8. The minimum atomic E-state index is -3.96. The third kappa shape index (κ3) is 3.88. The van der Waals surface area contributed by atoms with E-state index in [1.165, 1.54) is 32.7 Å². The summed E-state index contributed by atoms with van der Waals surface area (Å²) in [6.07, 6.45) is 1.07. The Hall–Kier alpha value is -4.33. The van der Waals surface area contributed by atoms with Gasteiger partial charge < -0.3 is 0 Å². The average molecular weight is 515 g/mol. The molecule has 0 bridgehead atoms. The predicted molar refractivity (Wildman–Crippen MR) is 157 cm³/mol. The normalized spacial score (nSPS) is 16.3. The summed E-state index contributed by atoms with van der Waals surface area (Å²) < 4.78 is 21.4. The van der Waals surface area contributed by atoms with E-state index in [0.29, 0.717) is 12.3 Å². The molecule has 0 saturated heterocycles. The van der Waals surface area contributed by atoms with E-state index in [4.69, 9.17) is 13.6 Å². The molecule has 0 N–H and O–H groups in total. The van der Waals surface area contributed by atoms with Gasteiger partial charge in [-0.2, -0.15) is 0 Å². The minimum absolute atomic E-state index is 0.533. The molecule has 1 aliphatic heterocycles. The maximum atomic E-state index is 7.12. The standard InChI is InChI=1S/C34H27O3P/c1-4-14-26(15-5-1)35-38(36-27-16-6-2-7-17-27,37-28-18-8-3-9-19-28)24-33-31-22-12-10-20-29(31)30-21-11-13-23-32(30)34(33)25-38/h1-23H,24-25H2. The summed E-state index contributed by atoms with van der Waals surface area (Å²) in [5.74, 6) is 2.20. The van der Waals surface area contributed by atoms with Crippen LogP contribution in [0.5, 0.6) is 17.2 Å². The molecule has 0 aliphatic carbocycles. The van der Waals surface area contributed by atoms with Crippen molar-refractivity contribution in [2.75, 3.05) is 0 Å².